The summed E-state index contributed by atoms with van der Waals surface area (Å²) >= 11 is 0. The standard InChI is InChI=1S/C24H27NO5/c1-4-30-24(28)22(16-20-7-5-19(6-8-20)15-17(2)26)25-23(27)14-11-18-9-12-21(29-3)13-10-18/h5-10,12-13H,4,11,14-16H2,1-3H3. The molecule has 0 saturated heterocycles. The van der Waals surface area contributed by atoms with Gasteiger partial charge in [0.1, 0.15) is 17.2 Å². The summed E-state index contributed by atoms with van der Waals surface area (Å²) in [6, 6.07) is 14.8. The molecule has 0 aliphatic heterocycles. The highest BCUT2D eigenvalue weighted by molar-refractivity contribution is 6.38. The highest BCUT2D eigenvalue weighted by Crippen LogP contribution is 2.13. The Morgan fingerprint density at radius 2 is 1.43 bits per heavy atom. The lowest BCUT2D eigenvalue weighted by atomic mass is 10.0. The van der Waals surface area contributed by atoms with E-state index in [4.69, 9.17) is 9.47 Å². The fraction of sp³-hybridized carbons (Fsp3) is 0.333. The average molecular weight is 409 g/mol. The summed E-state index contributed by atoms with van der Waals surface area (Å²) in [5.74, 6) is -0.133. The molecule has 0 bridgehead atoms. The van der Waals surface area contributed by atoms with E-state index in [-0.39, 0.29) is 36.9 Å². The van der Waals surface area contributed by atoms with Gasteiger partial charge in [0.25, 0.3) is 0 Å². The van der Waals surface area contributed by atoms with Gasteiger partial charge in [-0.2, -0.15) is 0 Å². The number of nitrogens with zero attached hydrogens (tertiary/aromatic N) is 1. The number of benzene rings is 2. The van der Waals surface area contributed by atoms with Crippen molar-refractivity contribution in [2.75, 3.05) is 13.7 Å². The lowest BCUT2D eigenvalue weighted by Crippen LogP contribution is -2.21. The Hall–Kier alpha value is -3.28. The van der Waals surface area contributed by atoms with Crippen LogP contribution in [-0.2, 0) is 38.4 Å². The molecule has 2 rings (SSSR count). The highest BCUT2D eigenvalue weighted by atomic mass is 16.5. The Labute approximate surface area is 176 Å². The van der Waals surface area contributed by atoms with Crippen molar-refractivity contribution in [1.82, 2.24) is 0 Å². The lowest BCUT2D eigenvalue weighted by Gasteiger charge is -2.07. The van der Waals surface area contributed by atoms with Crippen LogP contribution in [0.1, 0.15) is 37.0 Å². The normalized spacial score (nSPS) is 11.1. The Kier molecular flexibility index (Phi) is 8.94. The Morgan fingerprint density at radius 3 is 1.97 bits per heavy atom. The van der Waals surface area contributed by atoms with E-state index >= 15 is 0 Å². The van der Waals surface area contributed by atoms with E-state index in [1.165, 1.54) is 6.92 Å². The number of methoxy groups -OCH3 is 1. The van der Waals surface area contributed by atoms with Crippen LogP contribution >= 0.6 is 0 Å². The molecule has 0 aliphatic rings. The third-order valence-electron chi connectivity index (χ3n) is 4.40. The summed E-state index contributed by atoms with van der Waals surface area (Å²) in [6.45, 7) is 3.45. The number of Topliss-reactive ketones (excluding diaryl/α,β-unsaturated/α-hetero) is 1. The number of aliphatic imine (C=N–C) groups is 1. The monoisotopic (exact) mass is 409 g/mol. The van der Waals surface area contributed by atoms with Crippen molar-refractivity contribution in [3.8, 4) is 5.75 Å². The van der Waals surface area contributed by atoms with E-state index in [1.807, 2.05) is 48.5 Å². The van der Waals surface area contributed by atoms with Crippen molar-refractivity contribution in [3.63, 3.8) is 0 Å². The van der Waals surface area contributed by atoms with E-state index in [1.54, 1.807) is 14.0 Å². The van der Waals surface area contributed by atoms with Crippen molar-refractivity contribution < 1.29 is 23.9 Å². The van der Waals surface area contributed by atoms with Gasteiger partial charge >= 0.3 is 5.97 Å². The minimum absolute atomic E-state index is 0.0795. The number of ether oxygens (including phenoxy) is 2. The van der Waals surface area contributed by atoms with Crippen LogP contribution < -0.4 is 4.74 Å². The van der Waals surface area contributed by atoms with Gasteiger partial charge in [0.15, 0.2) is 0 Å². The number of rotatable bonds is 10. The number of carbonyl (C=O) groups is 3. The number of hydrogen-bond acceptors (Lipinski definition) is 5. The number of aryl methyl sites for hydroxylation is 1. The zero-order valence-electron chi connectivity index (χ0n) is 17.6. The smallest absolute Gasteiger partial charge is 0.353 e. The first-order valence-corrected chi connectivity index (χ1v) is 9.89. The Bertz CT molecular complexity index is 898. The first-order chi connectivity index (χ1) is 14.4. The van der Waals surface area contributed by atoms with Crippen molar-refractivity contribution in [1.29, 1.82) is 0 Å². The molecule has 0 fully saturated rings. The van der Waals surface area contributed by atoms with Crippen LogP contribution in [0.5, 0.6) is 5.75 Å². The number of esters is 1. The van der Waals surface area contributed by atoms with Crippen LogP contribution in [0.3, 0.4) is 0 Å². The number of hydrogen-bond donors (Lipinski definition) is 0. The maximum absolute atomic E-state index is 12.4. The second-order valence-electron chi connectivity index (χ2n) is 6.89. The summed E-state index contributed by atoms with van der Waals surface area (Å²) in [5.41, 5.74) is 2.78. The van der Waals surface area contributed by atoms with E-state index in [0.717, 1.165) is 22.4 Å². The van der Waals surface area contributed by atoms with Gasteiger partial charge in [-0.25, -0.2) is 9.79 Å². The SMILES string of the molecule is CCOC(=O)C(Cc1ccc(CC(C)=O)cc1)=NC(=O)CCc1ccc(OC)cc1. The van der Waals surface area contributed by atoms with Gasteiger partial charge < -0.3 is 9.47 Å². The third kappa shape index (κ3) is 7.62. The molecule has 1 amide bonds. The molecule has 0 spiro atoms. The van der Waals surface area contributed by atoms with Gasteiger partial charge in [0.2, 0.25) is 5.91 Å². The predicted molar refractivity (Wildman–Crippen MR) is 115 cm³/mol. The molecule has 6 nitrogen and oxygen atoms in total. The Balaban J connectivity index is 2.06. The maximum Gasteiger partial charge on any atom is 0.353 e. The number of ketones is 1. The van der Waals surface area contributed by atoms with Gasteiger partial charge in [0, 0.05) is 19.3 Å². The summed E-state index contributed by atoms with van der Waals surface area (Å²) in [7, 11) is 1.60. The van der Waals surface area contributed by atoms with Crippen LogP contribution in [0.4, 0.5) is 0 Å². The largest absolute Gasteiger partial charge is 0.497 e. The summed E-state index contributed by atoms with van der Waals surface area (Å²) < 4.78 is 10.2. The maximum atomic E-state index is 12.4. The van der Waals surface area contributed by atoms with Gasteiger partial charge in [0.05, 0.1) is 13.7 Å². The van der Waals surface area contributed by atoms with Crippen LogP contribution in [0, 0.1) is 0 Å². The van der Waals surface area contributed by atoms with E-state index in [2.05, 4.69) is 4.99 Å². The summed E-state index contributed by atoms with van der Waals surface area (Å²) in [5, 5.41) is 0. The van der Waals surface area contributed by atoms with Crippen LogP contribution in [0.15, 0.2) is 53.5 Å². The zero-order chi connectivity index (χ0) is 21.9. The van der Waals surface area contributed by atoms with Crippen molar-refractivity contribution >= 4 is 23.4 Å². The van der Waals surface area contributed by atoms with E-state index in [9.17, 15) is 14.4 Å². The lowest BCUT2D eigenvalue weighted by molar-refractivity contribution is -0.135. The quantitative estimate of drug-likeness (QED) is 0.443. The molecule has 0 saturated carbocycles. The fourth-order valence-corrected chi connectivity index (χ4v) is 2.88. The highest BCUT2D eigenvalue weighted by Gasteiger charge is 2.16. The molecule has 6 heteroatoms. The van der Waals surface area contributed by atoms with Crippen LogP contribution in [0.25, 0.3) is 0 Å². The minimum atomic E-state index is -0.594. The minimum Gasteiger partial charge on any atom is -0.497 e. The van der Waals surface area contributed by atoms with Crippen LogP contribution in [0.2, 0.25) is 0 Å². The molecule has 0 atom stereocenters. The molecule has 0 N–H and O–H groups in total. The van der Waals surface area contributed by atoms with Crippen molar-refractivity contribution in [2.24, 2.45) is 4.99 Å². The van der Waals surface area contributed by atoms with Crippen molar-refractivity contribution in [3.05, 3.63) is 65.2 Å². The van der Waals surface area contributed by atoms with E-state index < -0.39 is 5.97 Å². The molecule has 158 valence electrons. The Morgan fingerprint density at radius 1 is 0.867 bits per heavy atom. The molecule has 0 aromatic heterocycles. The molecule has 0 radical (unpaired) electrons. The third-order valence-corrected chi connectivity index (χ3v) is 4.40. The molecule has 2 aromatic carbocycles. The second kappa shape index (κ2) is 11.7. The number of carbonyl (C=O) groups excluding carboxylic acids is 3. The molecule has 2 aromatic rings. The molecular weight excluding hydrogens is 382 g/mol. The fourth-order valence-electron chi connectivity index (χ4n) is 2.88. The summed E-state index contributed by atoms with van der Waals surface area (Å²) in [4.78, 5) is 39.9. The first kappa shape index (κ1) is 23.0. The van der Waals surface area contributed by atoms with Gasteiger partial charge in [-0.05, 0) is 49.1 Å². The average Bonchev–Trinajstić information content (AvgIpc) is 2.73. The van der Waals surface area contributed by atoms with Gasteiger partial charge in [-0.3, -0.25) is 9.59 Å². The zero-order valence-corrected chi connectivity index (χ0v) is 17.6. The molecule has 0 aliphatic carbocycles. The second-order valence-corrected chi connectivity index (χ2v) is 6.89. The first-order valence-electron chi connectivity index (χ1n) is 9.89. The van der Waals surface area contributed by atoms with Gasteiger partial charge in [-0.1, -0.05) is 36.4 Å². The van der Waals surface area contributed by atoms with Gasteiger partial charge in [-0.15, -0.1) is 0 Å². The molecular formula is C24H27NO5. The molecule has 30 heavy (non-hydrogen) atoms. The topological polar surface area (TPSA) is 82.0 Å². The summed E-state index contributed by atoms with van der Waals surface area (Å²) in [6.07, 6.45) is 1.26. The number of amides is 1. The van der Waals surface area contributed by atoms with Crippen LogP contribution in [-0.4, -0.2) is 37.1 Å². The molecule has 0 heterocycles. The molecule has 0 unspecified atom stereocenters. The van der Waals surface area contributed by atoms with E-state index in [0.29, 0.717) is 12.8 Å². The van der Waals surface area contributed by atoms with Crippen molar-refractivity contribution in [2.45, 2.75) is 39.5 Å². The predicted octanol–water partition coefficient (Wildman–Crippen LogP) is 3.53.